The molecule has 1 N–H and O–H groups in total. The number of nitrogens with zero attached hydrogens (tertiary/aromatic N) is 1. The summed E-state index contributed by atoms with van der Waals surface area (Å²) < 4.78 is 0. The predicted octanol–water partition coefficient (Wildman–Crippen LogP) is 2.64. The van der Waals surface area contributed by atoms with E-state index in [1.165, 1.54) is 58.2 Å². The first-order valence-electron chi connectivity index (χ1n) is 7.27. The molecule has 2 nitrogen and oxygen atoms in total. The molecule has 0 radical (unpaired) electrons. The van der Waals surface area contributed by atoms with Crippen molar-refractivity contribution in [3.05, 3.63) is 0 Å². The van der Waals surface area contributed by atoms with Gasteiger partial charge in [-0.3, -0.25) is 4.90 Å². The SMILES string of the molecule is CCCNC1CCN(C2CCCC(C)C2)C1. The van der Waals surface area contributed by atoms with Crippen molar-refractivity contribution in [3.63, 3.8) is 0 Å². The van der Waals surface area contributed by atoms with Crippen LogP contribution in [0.3, 0.4) is 0 Å². The maximum atomic E-state index is 3.67. The Hall–Kier alpha value is -0.0800. The lowest BCUT2D eigenvalue weighted by Crippen LogP contribution is -2.39. The summed E-state index contributed by atoms with van der Waals surface area (Å²) in [4.78, 5) is 2.75. The highest BCUT2D eigenvalue weighted by molar-refractivity contribution is 4.87. The maximum absolute atomic E-state index is 3.67. The van der Waals surface area contributed by atoms with Crippen molar-refractivity contribution in [2.75, 3.05) is 19.6 Å². The molecule has 94 valence electrons. The Kier molecular flexibility index (Phi) is 4.66. The molecule has 0 aromatic carbocycles. The highest BCUT2D eigenvalue weighted by Gasteiger charge is 2.30. The Balaban J connectivity index is 1.74. The Morgan fingerprint density at radius 3 is 2.88 bits per heavy atom. The molecular weight excluding hydrogens is 196 g/mol. The summed E-state index contributed by atoms with van der Waals surface area (Å²) in [6.45, 7) is 8.51. The van der Waals surface area contributed by atoms with Gasteiger partial charge in [-0.05, 0) is 38.1 Å². The second kappa shape index (κ2) is 6.02. The normalized spacial score (nSPS) is 36.8. The minimum atomic E-state index is 0.775. The van der Waals surface area contributed by atoms with E-state index in [0.29, 0.717) is 0 Å². The summed E-state index contributed by atoms with van der Waals surface area (Å²) in [7, 11) is 0. The molecule has 0 bridgehead atoms. The highest BCUT2D eigenvalue weighted by atomic mass is 15.2. The monoisotopic (exact) mass is 224 g/mol. The molecule has 2 heteroatoms. The Morgan fingerprint density at radius 1 is 1.25 bits per heavy atom. The molecule has 1 heterocycles. The standard InChI is InChI=1S/C14H28N2/c1-3-8-15-13-7-9-16(11-13)14-6-4-5-12(2)10-14/h12-15H,3-11H2,1-2H3. The van der Waals surface area contributed by atoms with E-state index >= 15 is 0 Å². The fourth-order valence-corrected chi connectivity index (χ4v) is 3.37. The third kappa shape index (κ3) is 3.21. The van der Waals surface area contributed by atoms with Crippen LogP contribution in [0.4, 0.5) is 0 Å². The average Bonchev–Trinajstić information content (AvgIpc) is 2.75. The van der Waals surface area contributed by atoms with E-state index in [0.717, 1.165) is 18.0 Å². The van der Waals surface area contributed by atoms with Crippen LogP contribution in [-0.2, 0) is 0 Å². The second-order valence-corrected chi connectivity index (χ2v) is 5.86. The molecule has 2 aliphatic rings. The molecule has 3 atom stereocenters. The molecule has 3 unspecified atom stereocenters. The van der Waals surface area contributed by atoms with E-state index in [9.17, 15) is 0 Å². The Bertz CT molecular complexity index is 205. The molecule has 2 rings (SSSR count). The van der Waals surface area contributed by atoms with Crippen molar-refractivity contribution >= 4 is 0 Å². The van der Waals surface area contributed by atoms with Gasteiger partial charge in [0.05, 0.1) is 0 Å². The molecule has 0 spiro atoms. The van der Waals surface area contributed by atoms with Crippen LogP contribution in [0.1, 0.15) is 52.4 Å². The first-order chi connectivity index (χ1) is 7.79. The van der Waals surface area contributed by atoms with Gasteiger partial charge in [-0.1, -0.05) is 26.7 Å². The van der Waals surface area contributed by atoms with Crippen molar-refractivity contribution in [2.24, 2.45) is 5.92 Å². The molecule has 1 aliphatic carbocycles. The zero-order valence-corrected chi connectivity index (χ0v) is 11.0. The van der Waals surface area contributed by atoms with E-state index in [4.69, 9.17) is 0 Å². The van der Waals surface area contributed by atoms with Gasteiger partial charge >= 0.3 is 0 Å². The van der Waals surface area contributed by atoms with Crippen LogP contribution in [0, 0.1) is 5.92 Å². The Labute approximate surface area is 101 Å². The molecule has 1 saturated carbocycles. The minimum absolute atomic E-state index is 0.775. The molecule has 16 heavy (non-hydrogen) atoms. The van der Waals surface area contributed by atoms with E-state index < -0.39 is 0 Å². The predicted molar refractivity (Wildman–Crippen MR) is 69.7 cm³/mol. The fraction of sp³-hybridized carbons (Fsp3) is 1.00. The zero-order chi connectivity index (χ0) is 11.4. The lowest BCUT2D eigenvalue weighted by Gasteiger charge is -2.34. The van der Waals surface area contributed by atoms with Gasteiger partial charge in [0.1, 0.15) is 0 Å². The van der Waals surface area contributed by atoms with Gasteiger partial charge in [-0.2, -0.15) is 0 Å². The van der Waals surface area contributed by atoms with E-state index in [1.807, 2.05) is 0 Å². The first kappa shape index (κ1) is 12.4. The zero-order valence-electron chi connectivity index (χ0n) is 11.0. The summed E-state index contributed by atoms with van der Waals surface area (Å²) in [5.41, 5.74) is 0. The highest BCUT2D eigenvalue weighted by Crippen LogP contribution is 2.29. The first-order valence-corrected chi connectivity index (χ1v) is 7.27. The average molecular weight is 224 g/mol. The van der Waals surface area contributed by atoms with E-state index in [2.05, 4.69) is 24.1 Å². The van der Waals surface area contributed by atoms with Crippen LogP contribution in [0.2, 0.25) is 0 Å². The van der Waals surface area contributed by atoms with Crippen LogP contribution in [0.15, 0.2) is 0 Å². The van der Waals surface area contributed by atoms with Gasteiger partial charge in [-0.25, -0.2) is 0 Å². The van der Waals surface area contributed by atoms with Gasteiger partial charge < -0.3 is 5.32 Å². The quantitative estimate of drug-likeness (QED) is 0.790. The van der Waals surface area contributed by atoms with Gasteiger partial charge in [-0.15, -0.1) is 0 Å². The summed E-state index contributed by atoms with van der Waals surface area (Å²) in [5.74, 6) is 0.960. The summed E-state index contributed by atoms with van der Waals surface area (Å²) >= 11 is 0. The number of nitrogens with one attached hydrogen (secondary N) is 1. The lowest BCUT2D eigenvalue weighted by atomic mass is 9.86. The molecule has 2 fully saturated rings. The maximum Gasteiger partial charge on any atom is 0.0207 e. The number of hydrogen-bond donors (Lipinski definition) is 1. The van der Waals surface area contributed by atoms with Crippen molar-refractivity contribution in [1.82, 2.24) is 10.2 Å². The van der Waals surface area contributed by atoms with Crippen LogP contribution >= 0.6 is 0 Å². The third-order valence-corrected chi connectivity index (χ3v) is 4.33. The largest absolute Gasteiger partial charge is 0.313 e. The van der Waals surface area contributed by atoms with Gasteiger partial charge in [0, 0.05) is 25.2 Å². The van der Waals surface area contributed by atoms with Crippen LogP contribution in [0.25, 0.3) is 0 Å². The summed E-state index contributed by atoms with van der Waals surface area (Å²) in [6, 6.07) is 1.68. The van der Waals surface area contributed by atoms with Crippen molar-refractivity contribution in [2.45, 2.75) is 64.5 Å². The van der Waals surface area contributed by atoms with E-state index in [-0.39, 0.29) is 0 Å². The number of likely N-dealkylation sites (tertiary alicyclic amines) is 1. The summed E-state index contributed by atoms with van der Waals surface area (Å²) in [6.07, 6.45) is 8.43. The van der Waals surface area contributed by atoms with Crippen LogP contribution in [-0.4, -0.2) is 36.6 Å². The molecule has 0 amide bonds. The fourth-order valence-electron chi connectivity index (χ4n) is 3.37. The second-order valence-electron chi connectivity index (χ2n) is 5.86. The van der Waals surface area contributed by atoms with Crippen molar-refractivity contribution < 1.29 is 0 Å². The molecule has 0 aromatic rings. The Morgan fingerprint density at radius 2 is 2.12 bits per heavy atom. The van der Waals surface area contributed by atoms with Crippen molar-refractivity contribution in [3.8, 4) is 0 Å². The summed E-state index contributed by atoms with van der Waals surface area (Å²) in [5, 5.41) is 3.67. The molecule has 1 aliphatic heterocycles. The van der Waals surface area contributed by atoms with Crippen molar-refractivity contribution in [1.29, 1.82) is 0 Å². The van der Waals surface area contributed by atoms with Crippen LogP contribution < -0.4 is 5.32 Å². The molecular formula is C14H28N2. The van der Waals surface area contributed by atoms with Gasteiger partial charge in [0.2, 0.25) is 0 Å². The van der Waals surface area contributed by atoms with Gasteiger partial charge in [0.15, 0.2) is 0 Å². The lowest BCUT2D eigenvalue weighted by molar-refractivity contribution is 0.160. The molecule has 0 aromatic heterocycles. The number of hydrogen-bond acceptors (Lipinski definition) is 2. The minimum Gasteiger partial charge on any atom is -0.313 e. The molecule has 1 saturated heterocycles. The smallest absolute Gasteiger partial charge is 0.0207 e. The topological polar surface area (TPSA) is 15.3 Å². The van der Waals surface area contributed by atoms with Gasteiger partial charge in [0.25, 0.3) is 0 Å². The number of rotatable bonds is 4. The van der Waals surface area contributed by atoms with E-state index in [1.54, 1.807) is 0 Å². The third-order valence-electron chi connectivity index (χ3n) is 4.33. The van der Waals surface area contributed by atoms with Crippen LogP contribution in [0.5, 0.6) is 0 Å².